The number of hydrogen-bond acceptors (Lipinski definition) is 3. The SMILES string of the molecule is CCn1c(-c2cc(NC(=O)c3ccc(C)cc3)n[nH]2)cc2cc(OC)ccc21. The van der Waals surface area contributed by atoms with Crippen molar-refractivity contribution >= 4 is 22.6 Å². The van der Waals surface area contributed by atoms with E-state index in [1.807, 2.05) is 37.3 Å². The number of fused-ring (bicyclic) bond motifs is 1. The Morgan fingerprint density at radius 1 is 1.14 bits per heavy atom. The van der Waals surface area contributed by atoms with E-state index in [0.29, 0.717) is 11.4 Å². The fraction of sp³-hybridized carbons (Fsp3) is 0.182. The Morgan fingerprint density at radius 2 is 1.93 bits per heavy atom. The third-order valence-corrected chi connectivity index (χ3v) is 4.83. The van der Waals surface area contributed by atoms with Crippen LogP contribution in [0.5, 0.6) is 5.75 Å². The van der Waals surface area contributed by atoms with Crippen LogP contribution in [-0.2, 0) is 6.54 Å². The van der Waals surface area contributed by atoms with E-state index in [9.17, 15) is 4.79 Å². The number of amides is 1. The minimum absolute atomic E-state index is 0.182. The number of anilines is 1. The molecule has 0 saturated heterocycles. The summed E-state index contributed by atoms with van der Waals surface area (Å²) in [6, 6.07) is 17.4. The minimum Gasteiger partial charge on any atom is -0.497 e. The van der Waals surface area contributed by atoms with Gasteiger partial charge in [-0.2, -0.15) is 5.10 Å². The van der Waals surface area contributed by atoms with Gasteiger partial charge in [-0.05, 0) is 50.2 Å². The number of aryl methyl sites for hydroxylation is 2. The van der Waals surface area contributed by atoms with E-state index in [-0.39, 0.29) is 5.91 Å². The van der Waals surface area contributed by atoms with Crippen LogP contribution in [0.2, 0.25) is 0 Å². The fourth-order valence-electron chi connectivity index (χ4n) is 3.35. The third kappa shape index (κ3) is 3.24. The van der Waals surface area contributed by atoms with Crippen molar-refractivity contribution in [1.82, 2.24) is 14.8 Å². The summed E-state index contributed by atoms with van der Waals surface area (Å²) >= 11 is 0. The number of nitrogens with zero attached hydrogens (tertiary/aromatic N) is 2. The van der Waals surface area contributed by atoms with E-state index in [0.717, 1.165) is 40.1 Å². The van der Waals surface area contributed by atoms with Crippen molar-refractivity contribution in [2.45, 2.75) is 20.4 Å². The van der Waals surface area contributed by atoms with Gasteiger partial charge < -0.3 is 14.6 Å². The first-order valence-electron chi connectivity index (χ1n) is 9.20. The molecule has 0 radical (unpaired) electrons. The second kappa shape index (κ2) is 7.23. The molecule has 0 spiro atoms. The number of nitrogens with one attached hydrogen (secondary N) is 2. The molecule has 0 aliphatic rings. The molecule has 2 aromatic carbocycles. The Labute approximate surface area is 163 Å². The molecule has 0 atom stereocenters. The van der Waals surface area contributed by atoms with E-state index in [4.69, 9.17) is 4.74 Å². The lowest BCUT2D eigenvalue weighted by molar-refractivity contribution is 0.102. The van der Waals surface area contributed by atoms with Crippen LogP contribution in [0.1, 0.15) is 22.8 Å². The lowest BCUT2D eigenvalue weighted by atomic mass is 10.1. The van der Waals surface area contributed by atoms with Crippen LogP contribution in [0.4, 0.5) is 5.82 Å². The van der Waals surface area contributed by atoms with Crippen LogP contribution in [0.25, 0.3) is 22.3 Å². The van der Waals surface area contributed by atoms with Crippen LogP contribution in [-0.4, -0.2) is 27.8 Å². The van der Waals surface area contributed by atoms with Gasteiger partial charge in [0, 0.05) is 29.1 Å². The normalized spacial score (nSPS) is 11.0. The molecule has 0 saturated carbocycles. The highest BCUT2D eigenvalue weighted by molar-refractivity contribution is 6.04. The Bertz CT molecular complexity index is 1140. The molecule has 2 aromatic heterocycles. The molecule has 142 valence electrons. The average Bonchev–Trinajstić information content (AvgIpc) is 3.31. The number of hydrogen-bond donors (Lipinski definition) is 2. The number of carbonyl (C=O) groups excluding carboxylic acids is 1. The molecule has 2 heterocycles. The smallest absolute Gasteiger partial charge is 0.256 e. The number of carbonyl (C=O) groups is 1. The van der Waals surface area contributed by atoms with Crippen molar-refractivity contribution in [3.63, 3.8) is 0 Å². The summed E-state index contributed by atoms with van der Waals surface area (Å²) in [4.78, 5) is 12.4. The summed E-state index contributed by atoms with van der Waals surface area (Å²) in [5.41, 5.74) is 4.69. The van der Waals surface area contributed by atoms with Crippen LogP contribution < -0.4 is 10.1 Å². The highest BCUT2D eigenvalue weighted by atomic mass is 16.5. The molecule has 6 nitrogen and oxygen atoms in total. The van der Waals surface area contributed by atoms with Crippen molar-refractivity contribution < 1.29 is 9.53 Å². The first-order chi connectivity index (χ1) is 13.6. The molecule has 4 aromatic rings. The van der Waals surface area contributed by atoms with Gasteiger partial charge >= 0.3 is 0 Å². The minimum atomic E-state index is -0.182. The lowest BCUT2D eigenvalue weighted by Crippen LogP contribution is -2.11. The summed E-state index contributed by atoms with van der Waals surface area (Å²) in [5, 5.41) is 11.2. The number of rotatable bonds is 5. The molecule has 6 heteroatoms. The maximum atomic E-state index is 12.4. The maximum Gasteiger partial charge on any atom is 0.256 e. The second-order valence-corrected chi connectivity index (χ2v) is 6.69. The van der Waals surface area contributed by atoms with E-state index in [1.165, 1.54) is 0 Å². The lowest BCUT2D eigenvalue weighted by Gasteiger charge is -2.06. The predicted molar refractivity (Wildman–Crippen MR) is 111 cm³/mol. The quantitative estimate of drug-likeness (QED) is 0.535. The number of aromatic amines is 1. The molecule has 0 aliphatic heterocycles. The summed E-state index contributed by atoms with van der Waals surface area (Å²) in [5.74, 6) is 1.13. The molecule has 0 unspecified atom stereocenters. The van der Waals surface area contributed by atoms with Gasteiger partial charge in [0.15, 0.2) is 5.82 Å². The molecule has 28 heavy (non-hydrogen) atoms. The first kappa shape index (κ1) is 17.9. The number of aromatic nitrogens is 3. The summed E-state index contributed by atoms with van der Waals surface area (Å²) in [6.07, 6.45) is 0. The number of H-pyrrole nitrogens is 1. The average molecular weight is 374 g/mol. The van der Waals surface area contributed by atoms with Crippen LogP contribution in [0.3, 0.4) is 0 Å². The second-order valence-electron chi connectivity index (χ2n) is 6.69. The number of ether oxygens (including phenoxy) is 1. The predicted octanol–water partition coefficient (Wildman–Crippen LogP) is 4.62. The van der Waals surface area contributed by atoms with E-state index in [2.05, 4.69) is 39.1 Å². The van der Waals surface area contributed by atoms with Crippen LogP contribution >= 0.6 is 0 Å². The third-order valence-electron chi connectivity index (χ3n) is 4.83. The Hall–Kier alpha value is -3.54. The zero-order chi connectivity index (χ0) is 19.7. The zero-order valence-electron chi connectivity index (χ0n) is 16.1. The Kier molecular flexibility index (Phi) is 4.61. The Balaban J connectivity index is 1.63. The van der Waals surface area contributed by atoms with Crippen LogP contribution in [0.15, 0.2) is 54.6 Å². The van der Waals surface area contributed by atoms with Gasteiger partial charge in [-0.25, -0.2) is 0 Å². The largest absolute Gasteiger partial charge is 0.497 e. The van der Waals surface area contributed by atoms with Crippen molar-refractivity contribution in [2.75, 3.05) is 12.4 Å². The highest BCUT2D eigenvalue weighted by Crippen LogP contribution is 2.30. The standard InChI is InChI=1S/C22H22N4O2/c1-4-26-19-10-9-17(28-3)11-16(19)12-20(26)18-13-21(25-24-18)23-22(27)15-7-5-14(2)6-8-15/h5-13H,4H2,1-3H3,(H2,23,24,25,27). The van der Waals surface area contributed by atoms with Crippen LogP contribution in [0, 0.1) is 6.92 Å². The maximum absolute atomic E-state index is 12.4. The molecular weight excluding hydrogens is 352 g/mol. The molecule has 0 fully saturated rings. The molecule has 0 aliphatic carbocycles. The summed E-state index contributed by atoms with van der Waals surface area (Å²) in [6.45, 7) is 4.91. The highest BCUT2D eigenvalue weighted by Gasteiger charge is 2.14. The van der Waals surface area contributed by atoms with Gasteiger partial charge in [-0.1, -0.05) is 17.7 Å². The van der Waals surface area contributed by atoms with Crippen molar-refractivity contribution in [2.24, 2.45) is 0 Å². The van der Waals surface area contributed by atoms with Crippen molar-refractivity contribution in [3.05, 3.63) is 65.7 Å². The monoisotopic (exact) mass is 374 g/mol. The summed E-state index contributed by atoms with van der Waals surface area (Å²) < 4.78 is 7.53. The van der Waals surface area contributed by atoms with Gasteiger partial charge in [0.05, 0.1) is 18.5 Å². The Morgan fingerprint density at radius 3 is 2.64 bits per heavy atom. The van der Waals surface area contributed by atoms with Gasteiger partial charge in [0.2, 0.25) is 0 Å². The van der Waals surface area contributed by atoms with E-state index in [1.54, 1.807) is 19.2 Å². The number of methoxy groups -OCH3 is 1. The van der Waals surface area contributed by atoms with E-state index >= 15 is 0 Å². The van der Waals surface area contributed by atoms with Gasteiger partial charge in [0.25, 0.3) is 5.91 Å². The molecule has 0 bridgehead atoms. The van der Waals surface area contributed by atoms with Gasteiger partial charge in [-0.15, -0.1) is 0 Å². The van der Waals surface area contributed by atoms with Crippen molar-refractivity contribution in [3.8, 4) is 17.1 Å². The molecule has 2 N–H and O–H groups in total. The number of benzene rings is 2. The first-order valence-corrected chi connectivity index (χ1v) is 9.20. The fourth-order valence-corrected chi connectivity index (χ4v) is 3.35. The van der Waals surface area contributed by atoms with Gasteiger partial charge in [0.1, 0.15) is 5.75 Å². The molecule has 4 rings (SSSR count). The molecule has 1 amide bonds. The van der Waals surface area contributed by atoms with Gasteiger partial charge in [-0.3, -0.25) is 9.89 Å². The topological polar surface area (TPSA) is 71.9 Å². The van der Waals surface area contributed by atoms with Crippen molar-refractivity contribution in [1.29, 1.82) is 0 Å². The molecular formula is C22H22N4O2. The van der Waals surface area contributed by atoms with E-state index < -0.39 is 0 Å². The zero-order valence-corrected chi connectivity index (χ0v) is 16.1. The summed E-state index contributed by atoms with van der Waals surface area (Å²) in [7, 11) is 1.66.